The first kappa shape index (κ1) is 22.8. The van der Waals surface area contributed by atoms with Crippen molar-refractivity contribution in [3.8, 4) is 0 Å². The number of hydrogen-bond acceptors (Lipinski definition) is 8. The topological polar surface area (TPSA) is 139 Å². The molecule has 1 fully saturated rings. The molecule has 3 heterocycles. The summed E-state index contributed by atoms with van der Waals surface area (Å²) in [5.41, 5.74) is 7.90. The van der Waals surface area contributed by atoms with E-state index in [1.54, 1.807) is 34.8 Å². The van der Waals surface area contributed by atoms with Crippen LogP contribution in [-0.4, -0.2) is 71.0 Å². The number of sulfone groups is 1. The van der Waals surface area contributed by atoms with E-state index in [9.17, 15) is 13.2 Å². The van der Waals surface area contributed by atoms with Crippen LogP contribution in [0.5, 0.6) is 0 Å². The van der Waals surface area contributed by atoms with Crippen LogP contribution in [0.4, 0.5) is 22.2 Å². The average molecular weight is 473 g/mol. The van der Waals surface area contributed by atoms with Crippen molar-refractivity contribution in [2.75, 3.05) is 41.8 Å². The van der Waals surface area contributed by atoms with Gasteiger partial charge in [-0.25, -0.2) is 13.2 Å². The van der Waals surface area contributed by atoms with Gasteiger partial charge in [0.2, 0.25) is 5.95 Å². The van der Waals surface area contributed by atoms with E-state index in [0.717, 1.165) is 23.9 Å². The van der Waals surface area contributed by atoms with Gasteiger partial charge in [-0.2, -0.15) is 15.1 Å². The summed E-state index contributed by atoms with van der Waals surface area (Å²) in [5, 5.41) is 8.02. The largest absolute Gasteiger partial charge is 0.368 e. The van der Waals surface area contributed by atoms with Crippen molar-refractivity contribution in [2.45, 2.75) is 31.2 Å². The highest BCUT2D eigenvalue weighted by atomic mass is 32.2. The summed E-state index contributed by atoms with van der Waals surface area (Å²) >= 11 is 0. The quantitative estimate of drug-likeness (QED) is 0.586. The number of aromatic nitrogens is 4. The third-order valence-electron chi connectivity index (χ3n) is 5.97. The van der Waals surface area contributed by atoms with Crippen LogP contribution in [0, 0.1) is 6.92 Å². The summed E-state index contributed by atoms with van der Waals surface area (Å²) in [6.45, 7) is 5.43. The lowest BCUT2D eigenvalue weighted by atomic mass is 10.1. The van der Waals surface area contributed by atoms with Crippen LogP contribution in [0.3, 0.4) is 0 Å². The van der Waals surface area contributed by atoms with E-state index in [0.29, 0.717) is 36.5 Å². The number of aryl methyl sites for hydroxylation is 2. The summed E-state index contributed by atoms with van der Waals surface area (Å²) in [6, 6.07) is 4.51. The van der Waals surface area contributed by atoms with Crippen LogP contribution in [0.1, 0.15) is 18.9 Å². The lowest BCUT2D eigenvalue weighted by Gasteiger charge is -2.42. The van der Waals surface area contributed by atoms with Crippen molar-refractivity contribution in [2.24, 2.45) is 7.05 Å². The van der Waals surface area contributed by atoms with Crippen LogP contribution in [-0.2, 0) is 16.9 Å². The molecule has 2 aromatic heterocycles. The summed E-state index contributed by atoms with van der Waals surface area (Å²) in [7, 11) is -1.50. The Morgan fingerprint density at radius 1 is 1.27 bits per heavy atom. The molecule has 1 saturated heterocycles. The molecule has 3 N–H and O–H groups in total. The third-order valence-corrected chi connectivity index (χ3v) is 7.08. The number of rotatable bonds is 4. The van der Waals surface area contributed by atoms with Gasteiger partial charge >= 0.3 is 6.03 Å². The average Bonchev–Trinajstić information content (AvgIpc) is 3.13. The SMILES string of the molecule is CC[C@H]1CN(C(=O)Nc2ccc(S(C)(=O)=O)cc2C)CCN1c1nc(N)nc2c1cnn2C. The molecule has 176 valence electrons. The molecule has 11 nitrogen and oxygen atoms in total. The second-order valence-corrected chi connectivity index (χ2v) is 10.3. The van der Waals surface area contributed by atoms with Crippen molar-refractivity contribution < 1.29 is 13.2 Å². The van der Waals surface area contributed by atoms with E-state index in [4.69, 9.17) is 5.73 Å². The first-order chi connectivity index (χ1) is 15.6. The molecule has 0 spiro atoms. The Kier molecular flexibility index (Phi) is 5.87. The van der Waals surface area contributed by atoms with Crippen molar-refractivity contribution in [1.82, 2.24) is 24.6 Å². The molecule has 0 aliphatic carbocycles. The lowest BCUT2D eigenvalue weighted by molar-refractivity contribution is 0.197. The van der Waals surface area contributed by atoms with Gasteiger partial charge in [0.15, 0.2) is 15.5 Å². The number of carbonyl (C=O) groups is 1. The number of benzene rings is 1. The van der Waals surface area contributed by atoms with Crippen LogP contribution < -0.4 is 16.0 Å². The van der Waals surface area contributed by atoms with E-state index in [2.05, 4.69) is 32.2 Å². The van der Waals surface area contributed by atoms with Gasteiger partial charge in [-0.15, -0.1) is 0 Å². The van der Waals surface area contributed by atoms with Crippen molar-refractivity contribution in [3.63, 3.8) is 0 Å². The molecule has 1 aliphatic heterocycles. The molecule has 12 heteroatoms. The standard InChI is InChI=1S/C21H28N8O3S/c1-5-14-12-28(21(30)24-17-7-6-15(10-13(17)2)33(4,31)32)8-9-29(14)19-16-11-23-27(3)18(16)25-20(22)26-19/h6-7,10-11,14H,5,8-9,12H2,1-4H3,(H,24,30)(H2,22,25,26)/t14-/m0/s1. The first-order valence-electron chi connectivity index (χ1n) is 10.7. The molecule has 4 rings (SSSR count). The van der Waals surface area contributed by atoms with Gasteiger partial charge in [0, 0.05) is 44.7 Å². The van der Waals surface area contributed by atoms with E-state index in [1.165, 1.54) is 6.07 Å². The monoisotopic (exact) mass is 472 g/mol. The van der Waals surface area contributed by atoms with Crippen LogP contribution in [0.2, 0.25) is 0 Å². The van der Waals surface area contributed by atoms with E-state index < -0.39 is 9.84 Å². The Bertz CT molecular complexity index is 1320. The molecule has 33 heavy (non-hydrogen) atoms. The van der Waals surface area contributed by atoms with Crippen LogP contribution in [0.15, 0.2) is 29.3 Å². The fourth-order valence-corrected chi connectivity index (χ4v) is 4.82. The van der Waals surface area contributed by atoms with Crippen LogP contribution in [0.25, 0.3) is 11.0 Å². The molecule has 0 saturated carbocycles. The number of urea groups is 1. The number of amides is 2. The number of nitrogens with zero attached hydrogens (tertiary/aromatic N) is 6. The van der Waals surface area contributed by atoms with Gasteiger partial charge in [0.25, 0.3) is 0 Å². The van der Waals surface area contributed by atoms with Crippen molar-refractivity contribution >= 4 is 44.4 Å². The highest BCUT2D eigenvalue weighted by Crippen LogP contribution is 2.29. The predicted molar refractivity (Wildman–Crippen MR) is 127 cm³/mol. The zero-order valence-electron chi connectivity index (χ0n) is 19.1. The summed E-state index contributed by atoms with van der Waals surface area (Å²) in [4.78, 5) is 25.9. The fraction of sp³-hybridized carbons (Fsp3) is 0.429. The summed E-state index contributed by atoms with van der Waals surface area (Å²) in [6.07, 6.45) is 3.70. The maximum absolute atomic E-state index is 13.0. The third kappa shape index (κ3) is 4.42. The number of carbonyl (C=O) groups excluding carboxylic acids is 1. The zero-order chi connectivity index (χ0) is 23.9. The van der Waals surface area contributed by atoms with Crippen molar-refractivity contribution in [3.05, 3.63) is 30.0 Å². The van der Waals surface area contributed by atoms with Gasteiger partial charge in [0.05, 0.1) is 16.5 Å². The van der Waals surface area contributed by atoms with Gasteiger partial charge in [0.1, 0.15) is 5.82 Å². The van der Waals surface area contributed by atoms with Gasteiger partial charge < -0.3 is 20.9 Å². The van der Waals surface area contributed by atoms with Crippen molar-refractivity contribution in [1.29, 1.82) is 0 Å². The molecule has 0 bridgehead atoms. The Labute approximate surface area is 192 Å². The number of piperazine rings is 1. The Morgan fingerprint density at radius 2 is 2.03 bits per heavy atom. The Morgan fingerprint density at radius 3 is 2.70 bits per heavy atom. The molecule has 3 aromatic rings. The van der Waals surface area contributed by atoms with Gasteiger partial charge in [-0.3, -0.25) is 4.68 Å². The number of nitrogens with two attached hydrogens (primary N) is 1. The molecule has 1 aliphatic rings. The predicted octanol–water partition coefficient (Wildman–Crippen LogP) is 1.79. The highest BCUT2D eigenvalue weighted by Gasteiger charge is 2.31. The number of nitrogen functional groups attached to an aromatic ring is 1. The summed E-state index contributed by atoms with van der Waals surface area (Å²) in [5.74, 6) is 0.911. The Balaban J connectivity index is 1.52. The minimum atomic E-state index is -3.31. The molecule has 0 radical (unpaired) electrons. The van der Waals surface area contributed by atoms with E-state index in [1.807, 2.05) is 7.05 Å². The maximum atomic E-state index is 13.0. The molecular formula is C21H28N8O3S. The van der Waals surface area contributed by atoms with Gasteiger partial charge in [-0.05, 0) is 37.1 Å². The second-order valence-electron chi connectivity index (χ2n) is 8.29. The lowest BCUT2D eigenvalue weighted by Crippen LogP contribution is -2.56. The number of hydrogen-bond donors (Lipinski definition) is 2. The van der Waals surface area contributed by atoms with E-state index in [-0.39, 0.29) is 22.9 Å². The number of anilines is 3. The normalized spacial score (nSPS) is 16.9. The molecular weight excluding hydrogens is 444 g/mol. The molecule has 0 unspecified atom stereocenters. The second kappa shape index (κ2) is 8.50. The smallest absolute Gasteiger partial charge is 0.321 e. The van der Waals surface area contributed by atoms with Gasteiger partial charge in [-0.1, -0.05) is 6.92 Å². The molecule has 2 amide bonds. The minimum Gasteiger partial charge on any atom is -0.368 e. The summed E-state index contributed by atoms with van der Waals surface area (Å²) < 4.78 is 25.2. The minimum absolute atomic E-state index is 0.0379. The highest BCUT2D eigenvalue weighted by molar-refractivity contribution is 7.90. The van der Waals surface area contributed by atoms with Crippen LogP contribution >= 0.6 is 0 Å². The number of nitrogens with one attached hydrogen (secondary N) is 1. The zero-order valence-corrected chi connectivity index (χ0v) is 19.9. The number of fused-ring (bicyclic) bond motifs is 1. The molecule has 1 aromatic carbocycles. The van der Waals surface area contributed by atoms with E-state index >= 15 is 0 Å². The maximum Gasteiger partial charge on any atom is 0.321 e. The fourth-order valence-electron chi connectivity index (χ4n) is 4.11. The first-order valence-corrected chi connectivity index (χ1v) is 12.6. The Hall–Kier alpha value is -3.41. The molecule has 1 atom stereocenters.